The first kappa shape index (κ1) is 26.0. The number of nitrogens with one attached hydrogen (secondary N) is 1. The summed E-state index contributed by atoms with van der Waals surface area (Å²) in [7, 11) is 4.53. The zero-order valence-corrected chi connectivity index (χ0v) is 22.4. The molecule has 1 aromatic rings. The molecule has 9 heteroatoms. The number of imide groups is 2. The number of amides is 4. The third-order valence-electron chi connectivity index (χ3n) is 6.41. The molecule has 4 rings (SSSR count). The van der Waals surface area contributed by atoms with E-state index in [1.54, 1.807) is 6.08 Å². The molecule has 0 aromatic heterocycles. The molecule has 1 N–H and O–H groups in total. The normalized spacial score (nSPS) is 19.8. The van der Waals surface area contributed by atoms with E-state index in [2.05, 4.69) is 42.3 Å². The Balaban J connectivity index is 0.00000342. The summed E-state index contributed by atoms with van der Waals surface area (Å²) in [5, 5.41) is 13.0. The average molecular weight is 583 g/mol. The molecule has 0 saturated carbocycles. The number of anilines is 2. The fraction of sp³-hybridized carbons (Fsp3) is 0.231. The van der Waals surface area contributed by atoms with Crippen molar-refractivity contribution in [3.63, 3.8) is 0 Å². The van der Waals surface area contributed by atoms with Crippen molar-refractivity contribution >= 4 is 53.2 Å². The number of allylic oxidation sites excluding steroid dienone is 8. The lowest BCUT2D eigenvalue weighted by Gasteiger charge is -2.28. The highest BCUT2D eigenvalue weighted by molar-refractivity contribution is 14.0. The molecule has 1 fully saturated rings. The molecule has 1 saturated heterocycles. The number of rotatable bonds is 3. The van der Waals surface area contributed by atoms with Gasteiger partial charge in [0.05, 0.1) is 11.6 Å². The number of likely N-dealkylation sites (N-methyl/N-ethyl adjacent to an activating group) is 2. The predicted molar refractivity (Wildman–Crippen MR) is 145 cm³/mol. The van der Waals surface area contributed by atoms with Gasteiger partial charge in [-0.05, 0) is 53.6 Å². The van der Waals surface area contributed by atoms with Gasteiger partial charge in [0, 0.05) is 49.8 Å². The van der Waals surface area contributed by atoms with Gasteiger partial charge in [0.15, 0.2) is 0 Å². The molecular formula is C26H26IN5O3. The standard InChI is InChI=1S/C26H25N5O3.HI/c1-26(2)20-14-18(28-3)9-10-21(20)31-12-11-16(13-22(26)31)17(15-27)7-6-8-19-23(32)29(4)25(34)30(5)24(19)33;/h6-14,28H,1-5H3;1H. The van der Waals surface area contributed by atoms with Gasteiger partial charge in [-0.1, -0.05) is 19.9 Å². The molecule has 0 bridgehead atoms. The van der Waals surface area contributed by atoms with Crippen LogP contribution in [0.15, 0.2) is 77.2 Å². The fourth-order valence-electron chi connectivity index (χ4n) is 4.33. The zero-order chi connectivity index (χ0) is 24.8. The summed E-state index contributed by atoms with van der Waals surface area (Å²) in [6.07, 6.45) is 10.2. The topological polar surface area (TPSA) is 96.7 Å². The van der Waals surface area contributed by atoms with Crippen molar-refractivity contribution in [2.75, 3.05) is 31.4 Å². The Morgan fingerprint density at radius 3 is 2.37 bits per heavy atom. The number of carbonyl (C=O) groups is 3. The molecule has 180 valence electrons. The van der Waals surface area contributed by atoms with E-state index in [0.717, 1.165) is 32.4 Å². The van der Waals surface area contributed by atoms with Crippen molar-refractivity contribution in [2.45, 2.75) is 19.3 Å². The highest BCUT2D eigenvalue weighted by Crippen LogP contribution is 2.50. The monoisotopic (exact) mass is 583 g/mol. The molecule has 0 atom stereocenters. The van der Waals surface area contributed by atoms with Crippen LogP contribution in [0.3, 0.4) is 0 Å². The van der Waals surface area contributed by atoms with Crippen molar-refractivity contribution in [3.05, 3.63) is 82.8 Å². The van der Waals surface area contributed by atoms with E-state index in [1.807, 2.05) is 31.5 Å². The van der Waals surface area contributed by atoms with Crippen LogP contribution < -0.4 is 10.2 Å². The summed E-state index contributed by atoms with van der Waals surface area (Å²) < 4.78 is 0. The number of nitrogens with zero attached hydrogens (tertiary/aromatic N) is 4. The largest absolute Gasteiger partial charge is 0.388 e. The van der Waals surface area contributed by atoms with E-state index in [9.17, 15) is 19.6 Å². The second kappa shape index (κ2) is 9.54. The van der Waals surface area contributed by atoms with E-state index < -0.39 is 17.8 Å². The Kier molecular flexibility index (Phi) is 7.08. The van der Waals surface area contributed by atoms with Crippen LogP contribution in [-0.2, 0) is 15.0 Å². The van der Waals surface area contributed by atoms with Gasteiger partial charge in [0.2, 0.25) is 0 Å². The second-order valence-corrected chi connectivity index (χ2v) is 8.75. The quantitative estimate of drug-likeness (QED) is 0.248. The first-order valence-electron chi connectivity index (χ1n) is 10.8. The maximum atomic E-state index is 12.3. The zero-order valence-electron chi connectivity index (χ0n) is 20.1. The lowest BCUT2D eigenvalue weighted by molar-refractivity contribution is -0.134. The fourth-order valence-corrected chi connectivity index (χ4v) is 4.33. The lowest BCUT2D eigenvalue weighted by atomic mass is 9.82. The Labute approximate surface area is 221 Å². The van der Waals surface area contributed by atoms with E-state index in [1.165, 1.54) is 31.8 Å². The molecule has 4 amide bonds. The molecule has 0 radical (unpaired) electrons. The van der Waals surface area contributed by atoms with Gasteiger partial charge in [-0.25, -0.2) is 4.79 Å². The average Bonchev–Trinajstić information content (AvgIpc) is 3.07. The lowest BCUT2D eigenvalue weighted by Crippen LogP contribution is -2.52. The van der Waals surface area contributed by atoms with Crippen LogP contribution in [0.1, 0.15) is 19.4 Å². The molecule has 0 unspecified atom stereocenters. The van der Waals surface area contributed by atoms with Crippen molar-refractivity contribution in [2.24, 2.45) is 0 Å². The number of halogens is 1. The third kappa shape index (κ3) is 4.18. The number of hydrogen-bond donors (Lipinski definition) is 1. The number of hydrogen-bond acceptors (Lipinski definition) is 6. The predicted octanol–water partition coefficient (Wildman–Crippen LogP) is 4.21. The van der Waals surface area contributed by atoms with Crippen LogP contribution in [0.25, 0.3) is 0 Å². The van der Waals surface area contributed by atoms with Crippen molar-refractivity contribution in [1.82, 2.24) is 9.80 Å². The van der Waals surface area contributed by atoms with Crippen LogP contribution in [0.5, 0.6) is 0 Å². The smallest absolute Gasteiger partial charge is 0.333 e. The van der Waals surface area contributed by atoms with E-state index in [0.29, 0.717) is 5.57 Å². The molecular weight excluding hydrogens is 557 g/mol. The van der Waals surface area contributed by atoms with E-state index in [4.69, 9.17) is 0 Å². The Bertz CT molecular complexity index is 1300. The van der Waals surface area contributed by atoms with Gasteiger partial charge >= 0.3 is 6.03 Å². The van der Waals surface area contributed by atoms with Crippen LogP contribution in [0.4, 0.5) is 16.2 Å². The Morgan fingerprint density at radius 2 is 1.77 bits per heavy atom. The maximum Gasteiger partial charge on any atom is 0.333 e. The summed E-state index contributed by atoms with van der Waals surface area (Å²) in [6, 6.07) is 7.77. The van der Waals surface area contributed by atoms with Crippen molar-refractivity contribution in [1.29, 1.82) is 5.26 Å². The van der Waals surface area contributed by atoms with Crippen molar-refractivity contribution in [3.8, 4) is 6.07 Å². The minimum atomic E-state index is -0.679. The van der Waals surface area contributed by atoms with Gasteiger partial charge in [-0.2, -0.15) is 5.26 Å². The van der Waals surface area contributed by atoms with Gasteiger partial charge < -0.3 is 10.2 Å². The molecule has 8 nitrogen and oxygen atoms in total. The number of urea groups is 1. The summed E-state index contributed by atoms with van der Waals surface area (Å²) in [6.45, 7) is 4.30. The first-order valence-corrected chi connectivity index (χ1v) is 10.8. The van der Waals surface area contributed by atoms with Crippen LogP contribution in [0, 0.1) is 11.3 Å². The van der Waals surface area contributed by atoms with Crippen LogP contribution in [0.2, 0.25) is 0 Å². The van der Waals surface area contributed by atoms with Crippen LogP contribution >= 0.6 is 24.0 Å². The number of benzene rings is 1. The van der Waals surface area contributed by atoms with Crippen LogP contribution in [-0.4, -0.2) is 48.8 Å². The summed E-state index contributed by atoms with van der Waals surface area (Å²) in [5.74, 6) is -1.35. The number of carbonyl (C=O) groups excluding carboxylic acids is 3. The molecule has 3 heterocycles. The molecule has 0 aliphatic carbocycles. The number of nitriles is 1. The highest BCUT2D eigenvalue weighted by atomic mass is 127. The van der Waals surface area contributed by atoms with E-state index >= 15 is 0 Å². The Hall–Kier alpha value is -3.65. The van der Waals surface area contributed by atoms with Gasteiger partial charge in [0.25, 0.3) is 11.8 Å². The third-order valence-corrected chi connectivity index (χ3v) is 6.41. The summed E-state index contributed by atoms with van der Waals surface area (Å²) >= 11 is 0. The van der Waals surface area contributed by atoms with E-state index in [-0.39, 0.29) is 35.0 Å². The number of fused-ring (bicyclic) bond motifs is 3. The molecule has 3 aliphatic heterocycles. The molecule has 3 aliphatic rings. The second-order valence-electron chi connectivity index (χ2n) is 8.75. The molecule has 35 heavy (non-hydrogen) atoms. The minimum absolute atomic E-state index is 0. The summed E-state index contributed by atoms with van der Waals surface area (Å²) in [4.78, 5) is 40.4. The van der Waals surface area contributed by atoms with Gasteiger partial charge in [-0.3, -0.25) is 19.4 Å². The SMILES string of the molecule is CNc1ccc2c(c1)C(C)(C)C1=CC(=C(C#N)C=CC=C3C(=O)N(C)C(=O)N(C)C3=O)C=CN12.I. The Morgan fingerprint density at radius 1 is 1.11 bits per heavy atom. The first-order chi connectivity index (χ1) is 16.1. The molecule has 0 spiro atoms. The molecule has 1 aromatic carbocycles. The van der Waals surface area contributed by atoms with Gasteiger partial charge in [0.1, 0.15) is 5.57 Å². The highest BCUT2D eigenvalue weighted by Gasteiger charge is 2.41. The van der Waals surface area contributed by atoms with Gasteiger partial charge in [-0.15, -0.1) is 24.0 Å². The minimum Gasteiger partial charge on any atom is -0.388 e. The number of barbiturate groups is 1. The van der Waals surface area contributed by atoms with Crippen molar-refractivity contribution < 1.29 is 14.4 Å². The summed E-state index contributed by atoms with van der Waals surface area (Å²) in [5.41, 5.74) is 5.07. The maximum absolute atomic E-state index is 12.3.